The van der Waals surface area contributed by atoms with Gasteiger partial charge in [-0.15, -0.1) is 0 Å². The Balaban J connectivity index is 1.67. The summed E-state index contributed by atoms with van der Waals surface area (Å²) < 4.78 is 33.8. The molecule has 6 nitrogen and oxygen atoms in total. The van der Waals surface area contributed by atoms with Crippen molar-refractivity contribution in [2.45, 2.75) is 39.5 Å². The summed E-state index contributed by atoms with van der Waals surface area (Å²) in [7, 11) is -3.75. The number of hydrogen-bond acceptors (Lipinski definition) is 4. The Morgan fingerprint density at radius 1 is 0.812 bits per heavy atom. The van der Waals surface area contributed by atoms with Gasteiger partial charge in [0.2, 0.25) is 0 Å². The second-order valence-corrected chi connectivity index (χ2v) is 9.67. The van der Waals surface area contributed by atoms with Crippen molar-refractivity contribution in [3.05, 3.63) is 82.4 Å². The van der Waals surface area contributed by atoms with Gasteiger partial charge in [0.15, 0.2) is 6.61 Å². The van der Waals surface area contributed by atoms with E-state index in [0.717, 1.165) is 27.9 Å². The zero-order valence-electron chi connectivity index (χ0n) is 18.9. The number of sulfonamides is 1. The lowest BCUT2D eigenvalue weighted by Gasteiger charge is -2.13. The molecule has 32 heavy (non-hydrogen) atoms. The van der Waals surface area contributed by atoms with Crippen LogP contribution in [0.15, 0.2) is 59.5 Å². The second kappa shape index (κ2) is 9.44. The SMILES string of the molecule is Cc1ccc(C)c(NC(=O)COc2ccc(S(=O)(=O)Nc3ccc(C)c(C)c3)cc2C)c1. The van der Waals surface area contributed by atoms with Crippen LogP contribution < -0.4 is 14.8 Å². The summed E-state index contributed by atoms with van der Waals surface area (Å²) >= 11 is 0. The van der Waals surface area contributed by atoms with Crippen LogP contribution in [0.3, 0.4) is 0 Å². The molecule has 1 amide bonds. The minimum absolute atomic E-state index is 0.125. The first-order chi connectivity index (χ1) is 15.0. The minimum Gasteiger partial charge on any atom is -0.483 e. The maximum absolute atomic E-state index is 12.8. The second-order valence-electron chi connectivity index (χ2n) is 7.99. The lowest BCUT2D eigenvalue weighted by Crippen LogP contribution is -2.21. The van der Waals surface area contributed by atoms with Gasteiger partial charge in [0.25, 0.3) is 15.9 Å². The molecule has 0 radical (unpaired) electrons. The Morgan fingerprint density at radius 3 is 2.22 bits per heavy atom. The smallest absolute Gasteiger partial charge is 0.262 e. The van der Waals surface area contributed by atoms with Crippen LogP contribution in [-0.4, -0.2) is 20.9 Å². The molecular weight excluding hydrogens is 424 g/mol. The van der Waals surface area contributed by atoms with E-state index in [2.05, 4.69) is 10.0 Å². The third kappa shape index (κ3) is 5.68. The van der Waals surface area contributed by atoms with Crippen molar-refractivity contribution in [2.75, 3.05) is 16.6 Å². The predicted octanol–water partition coefficient (Wildman–Crippen LogP) is 5.05. The van der Waals surface area contributed by atoms with E-state index < -0.39 is 10.0 Å². The zero-order chi connectivity index (χ0) is 23.5. The number of carbonyl (C=O) groups is 1. The predicted molar refractivity (Wildman–Crippen MR) is 128 cm³/mol. The number of ether oxygens (including phenoxy) is 1. The highest BCUT2D eigenvalue weighted by Crippen LogP contribution is 2.24. The third-order valence-corrected chi connectivity index (χ3v) is 6.62. The highest BCUT2D eigenvalue weighted by molar-refractivity contribution is 7.92. The fourth-order valence-electron chi connectivity index (χ4n) is 3.17. The van der Waals surface area contributed by atoms with E-state index in [9.17, 15) is 13.2 Å². The van der Waals surface area contributed by atoms with Gasteiger partial charge >= 0.3 is 0 Å². The Kier molecular flexibility index (Phi) is 6.89. The molecule has 2 N–H and O–H groups in total. The summed E-state index contributed by atoms with van der Waals surface area (Å²) in [6.45, 7) is 9.34. The van der Waals surface area contributed by atoms with Crippen LogP contribution in [0, 0.1) is 34.6 Å². The molecule has 0 bridgehead atoms. The van der Waals surface area contributed by atoms with Crippen LogP contribution in [0.25, 0.3) is 0 Å². The fraction of sp³-hybridized carbons (Fsp3) is 0.240. The molecule has 0 saturated carbocycles. The summed E-state index contributed by atoms with van der Waals surface area (Å²) in [5.74, 6) is 0.164. The molecule has 0 aliphatic carbocycles. The van der Waals surface area contributed by atoms with Gasteiger partial charge < -0.3 is 10.1 Å². The molecule has 3 rings (SSSR count). The number of benzene rings is 3. The van der Waals surface area contributed by atoms with Gasteiger partial charge in [0.1, 0.15) is 5.75 Å². The van der Waals surface area contributed by atoms with Crippen molar-refractivity contribution in [1.82, 2.24) is 0 Å². The Hall–Kier alpha value is -3.32. The lowest BCUT2D eigenvalue weighted by molar-refractivity contribution is -0.118. The molecule has 0 fully saturated rings. The number of rotatable bonds is 7. The standard InChI is InChI=1S/C25H28N2O4S/c1-16-6-7-18(3)23(12-16)26-25(28)15-31-24-11-10-22(14-20(24)5)32(29,30)27-21-9-8-17(2)19(4)13-21/h6-14,27H,15H2,1-5H3,(H,26,28). The van der Waals surface area contributed by atoms with E-state index in [1.54, 1.807) is 25.1 Å². The first-order valence-electron chi connectivity index (χ1n) is 10.3. The molecule has 168 valence electrons. The number of carbonyl (C=O) groups excluding carboxylic acids is 1. The molecule has 0 heterocycles. The van der Waals surface area contributed by atoms with E-state index in [4.69, 9.17) is 4.74 Å². The Bertz CT molecular complexity index is 1270. The maximum Gasteiger partial charge on any atom is 0.262 e. The molecule has 3 aromatic rings. The first kappa shape index (κ1) is 23.3. The van der Waals surface area contributed by atoms with Gasteiger partial charge in [0, 0.05) is 11.4 Å². The Labute approximate surface area is 189 Å². The van der Waals surface area contributed by atoms with E-state index in [0.29, 0.717) is 17.0 Å². The normalized spacial score (nSPS) is 11.2. The summed E-state index contributed by atoms with van der Waals surface area (Å²) in [5.41, 5.74) is 5.98. The van der Waals surface area contributed by atoms with Gasteiger partial charge in [-0.25, -0.2) is 8.42 Å². The maximum atomic E-state index is 12.8. The number of anilines is 2. The topological polar surface area (TPSA) is 84.5 Å². The minimum atomic E-state index is -3.75. The van der Waals surface area contributed by atoms with Crippen molar-refractivity contribution in [3.8, 4) is 5.75 Å². The van der Waals surface area contributed by atoms with E-state index in [1.807, 2.05) is 52.0 Å². The van der Waals surface area contributed by atoms with Gasteiger partial charge in [0.05, 0.1) is 4.90 Å². The molecule has 0 atom stereocenters. The van der Waals surface area contributed by atoms with Crippen LogP contribution in [0.2, 0.25) is 0 Å². The van der Waals surface area contributed by atoms with Gasteiger partial charge in [-0.3, -0.25) is 9.52 Å². The summed E-state index contributed by atoms with van der Waals surface area (Å²) in [5, 5.41) is 2.84. The summed E-state index contributed by atoms with van der Waals surface area (Å²) in [4.78, 5) is 12.4. The molecule has 0 aromatic heterocycles. The molecule has 0 unspecified atom stereocenters. The van der Waals surface area contributed by atoms with Crippen LogP contribution in [0.1, 0.15) is 27.8 Å². The average Bonchev–Trinajstić information content (AvgIpc) is 2.72. The molecule has 0 spiro atoms. The quantitative estimate of drug-likeness (QED) is 0.526. The van der Waals surface area contributed by atoms with Gasteiger partial charge in [-0.2, -0.15) is 0 Å². The number of hydrogen-bond donors (Lipinski definition) is 2. The van der Waals surface area contributed by atoms with Crippen molar-refractivity contribution < 1.29 is 17.9 Å². The fourth-order valence-corrected chi connectivity index (χ4v) is 4.30. The van der Waals surface area contributed by atoms with Crippen LogP contribution in [0.4, 0.5) is 11.4 Å². The zero-order valence-corrected chi connectivity index (χ0v) is 19.8. The summed E-state index contributed by atoms with van der Waals surface area (Å²) in [6.07, 6.45) is 0. The van der Waals surface area contributed by atoms with Crippen molar-refractivity contribution >= 4 is 27.3 Å². The third-order valence-electron chi connectivity index (χ3n) is 5.24. The lowest BCUT2D eigenvalue weighted by atomic mass is 10.1. The van der Waals surface area contributed by atoms with E-state index in [1.165, 1.54) is 12.1 Å². The number of nitrogens with one attached hydrogen (secondary N) is 2. The average molecular weight is 453 g/mol. The highest BCUT2D eigenvalue weighted by atomic mass is 32.2. The van der Waals surface area contributed by atoms with Gasteiger partial charge in [-0.05, 0) is 98.8 Å². The molecule has 0 saturated heterocycles. The van der Waals surface area contributed by atoms with E-state index in [-0.39, 0.29) is 17.4 Å². The Morgan fingerprint density at radius 2 is 1.53 bits per heavy atom. The summed E-state index contributed by atoms with van der Waals surface area (Å²) in [6, 6.07) is 15.8. The number of aryl methyl sites for hydroxylation is 5. The van der Waals surface area contributed by atoms with E-state index >= 15 is 0 Å². The van der Waals surface area contributed by atoms with Crippen molar-refractivity contribution in [2.24, 2.45) is 0 Å². The highest BCUT2D eigenvalue weighted by Gasteiger charge is 2.17. The molecule has 7 heteroatoms. The number of amides is 1. The van der Waals surface area contributed by atoms with Gasteiger partial charge in [-0.1, -0.05) is 18.2 Å². The van der Waals surface area contributed by atoms with Crippen LogP contribution in [-0.2, 0) is 14.8 Å². The van der Waals surface area contributed by atoms with Crippen molar-refractivity contribution in [1.29, 1.82) is 0 Å². The largest absolute Gasteiger partial charge is 0.483 e. The van der Waals surface area contributed by atoms with Crippen LogP contribution >= 0.6 is 0 Å². The molecular formula is C25H28N2O4S. The molecule has 3 aromatic carbocycles. The van der Waals surface area contributed by atoms with Crippen molar-refractivity contribution in [3.63, 3.8) is 0 Å². The monoisotopic (exact) mass is 452 g/mol. The first-order valence-corrected chi connectivity index (χ1v) is 11.7. The van der Waals surface area contributed by atoms with Crippen LogP contribution in [0.5, 0.6) is 5.75 Å². The molecule has 0 aliphatic heterocycles. The molecule has 0 aliphatic rings.